The number of epoxide rings is 1. The van der Waals surface area contributed by atoms with Gasteiger partial charge in [-0.25, -0.2) is 0 Å². The summed E-state index contributed by atoms with van der Waals surface area (Å²) in [4.78, 5) is 0. The molecule has 1 heteroatoms. The monoisotopic (exact) mass is 204 g/mol. The molecule has 1 aromatic carbocycles. The van der Waals surface area contributed by atoms with Gasteiger partial charge in [-0.1, -0.05) is 25.1 Å². The summed E-state index contributed by atoms with van der Waals surface area (Å²) in [5, 5.41) is 0. The zero-order valence-corrected chi connectivity index (χ0v) is 9.92. The van der Waals surface area contributed by atoms with Crippen LogP contribution in [0.2, 0.25) is 0 Å². The summed E-state index contributed by atoms with van der Waals surface area (Å²) in [6, 6.07) is 6.76. The van der Waals surface area contributed by atoms with Crippen LogP contribution in [-0.4, -0.2) is 12.2 Å². The maximum absolute atomic E-state index is 5.54. The molecule has 1 aliphatic rings. The minimum absolute atomic E-state index is 0.539. The lowest BCUT2D eigenvalue weighted by Crippen LogP contribution is -1.96. The van der Waals surface area contributed by atoms with E-state index in [9.17, 15) is 0 Å². The molecule has 0 amide bonds. The SMILES string of the molecule is CCC1OC1CCc1ccc(C)c(C)c1. The predicted octanol–water partition coefficient (Wildman–Crippen LogP) is 3.41. The van der Waals surface area contributed by atoms with Crippen LogP contribution in [0.15, 0.2) is 18.2 Å². The second-order valence-electron chi connectivity index (χ2n) is 4.58. The molecule has 2 unspecified atom stereocenters. The number of aryl methyl sites for hydroxylation is 3. The van der Waals surface area contributed by atoms with Crippen molar-refractivity contribution in [1.29, 1.82) is 0 Å². The number of ether oxygens (including phenoxy) is 1. The van der Waals surface area contributed by atoms with Crippen molar-refractivity contribution in [3.05, 3.63) is 34.9 Å². The van der Waals surface area contributed by atoms with E-state index in [1.54, 1.807) is 0 Å². The number of hydrogen-bond donors (Lipinski definition) is 0. The molecule has 0 spiro atoms. The molecule has 2 rings (SSSR count). The number of rotatable bonds is 4. The first-order valence-electron chi connectivity index (χ1n) is 5.92. The Hall–Kier alpha value is -0.820. The largest absolute Gasteiger partial charge is 0.370 e. The fourth-order valence-corrected chi connectivity index (χ4v) is 2.06. The maximum atomic E-state index is 5.54. The Kier molecular flexibility index (Phi) is 3.11. The summed E-state index contributed by atoms with van der Waals surface area (Å²) < 4.78 is 5.54. The normalized spacial score (nSPS) is 24.2. The second-order valence-corrected chi connectivity index (χ2v) is 4.58. The van der Waals surface area contributed by atoms with Crippen LogP contribution in [0.1, 0.15) is 36.5 Å². The van der Waals surface area contributed by atoms with Crippen molar-refractivity contribution < 1.29 is 4.74 Å². The van der Waals surface area contributed by atoms with Gasteiger partial charge in [-0.3, -0.25) is 0 Å². The van der Waals surface area contributed by atoms with Gasteiger partial charge in [0.15, 0.2) is 0 Å². The molecule has 0 N–H and O–H groups in total. The molecular weight excluding hydrogens is 184 g/mol. The average Bonchev–Trinajstić information content (AvgIpc) is 2.98. The highest BCUT2D eigenvalue weighted by Crippen LogP contribution is 2.29. The molecule has 1 aliphatic heterocycles. The van der Waals surface area contributed by atoms with E-state index in [4.69, 9.17) is 4.74 Å². The third-order valence-corrected chi connectivity index (χ3v) is 3.38. The Bertz CT molecular complexity index is 343. The fourth-order valence-electron chi connectivity index (χ4n) is 2.06. The quantitative estimate of drug-likeness (QED) is 0.685. The first-order valence-corrected chi connectivity index (χ1v) is 5.92. The van der Waals surface area contributed by atoms with Crippen LogP contribution < -0.4 is 0 Å². The molecule has 0 aliphatic carbocycles. The Balaban J connectivity index is 1.86. The van der Waals surface area contributed by atoms with Crippen molar-refractivity contribution >= 4 is 0 Å². The maximum Gasteiger partial charge on any atom is 0.0845 e. The van der Waals surface area contributed by atoms with Gasteiger partial charge >= 0.3 is 0 Å². The third-order valence-electron chi connectivity index (χ3n) is 3.38. The van der Waals surface area contributed by atoms with E-state index in [2.05, 4.69) is 39.0 Å². The summed E-state index contributed by atoms with van der Waals surface area (Å²) in [6.45, 7) is 6.54. The fraction of sp³-hybridized carbons (Fsp3) is 0.571. The van der Waals surface area contributed by atoms with E-state index in [1.165, 1.54) is 23.1 Å². The molecule has 1 fully saturated rings. The molecule has 1 aromatic rings. The van der Waals surface area contributed by atoms with Crippen LogP contribution in [-0.2, 0) is 11.2 Å². The average molecular weight is 204 g/mol. The van der Waals surface area contributed by atoms with Crippen LogP contribution in [0.25, 0.3) is 0 Å². The molecule has 0 saturated carbocycles. The van der Waals surface area contributed by atoms with E-state index in [0.717, 1.165) is 12.8 Å². The van der Waals surface area contributed by atoms with Crippen molar-refractivity contribution in [2.75, 3.05) is 0 Å². The third kappa shape index (κ3) is 2.60. The van der Waals surface area contributed by atoms with Gasteiger partial charge in [0, 0.05) is 0 Å². The van der Waals surface area contributed by atoms with Gasteiger partial charge in [0.25, 0.3) is 0 Å². The summed E-state index contributed by atoms with van der Waals surface area (Å²) in [6.07, 6.45) is 4.59. The standard InChI is InChI=1S/C14H20O/c1-4-13-14(15-13)8-7-12-6-5-10(2)11(3)9-12/h5-6,9,13-14H,4,7-8H2,1-3H3. The van der Waals surface area contributed by atoms with Crippen LogP contribution in [0.3, 0.4) is 0 Å². The molecule has 82 valence electrons. The van der Waals surface area contributed by atoms with Gasteiger partial charge in [0.1, 0.15) is 0 Å². The zero-order valence-electron chi connectivity index (χ0n) is 9.92. The smallest absolute Gasteiger partial charge is 0.0845 e. The van der Waals surface area contributed by atoms with Crippen molar-refractivity contribution in [2.45, 2.75) is 52.2 Å². The van der Waals surface area contributed by atoms with Crippen molar-refractivity contribution in [2.24, 2.45) is 0 Å². The van der Waals surface area contributed by atoms with Crippen LogP contribution in [0.5, 0.6) is 0 Å². The molecule has 0 aromatic heterocycles. The Morgan fingerprint density at radius 3 is 2.53 bits per heavy atom. The lowest BCUT2D eigenvalue weighted by atomic mass is 10.0. The van der Waals surface area contributed by atoms with Gasteiger partial charge in [0.2, 0.25) is 0 Å². The van der Waals surface area contributed by atoms with Crippen LogP contribution in [0.4, 0.5) is 0 Å². The van der Waals surface area contributed by atoms with E-state index in [0.29, 0.717) is 12.2 Å². The highest BCUT2D eigenvalue weighted by Gasteiger charge is 2.35. The summed E-state index contributed by atoms with van der Waals surface area (Å²) >= 11 is 0. The summed E-state index contributed by atoms with van der Waals surface area (Å²) in [7, 11) is 0. The van der Waals surface area contributed by atoms with E-state index in [1.807, 2.05) is 0 Å². The molecule has 1 nitrogen and oxygen atoms in total. The van der Waals surface area contributed by atoms with Crippen molar-refractivity contribution in [3.8, 4) is 0 Å². The molecule has 1 saturated heterocycles. The highest BCUT2D eigenvalue weighted by molar-refractivity contribution is 5.30. The van der Waals surface area contributed by atoms with Gasteiger partial charge in [0.05, 0.1) is 12.2 Å². The topological polar surface area (TPSA) is 12.5 Å². The lowest BCUT2D eigenvalue weighted by Gasteiger charge is -2.04. The molecule has 0 bridgehead atoms. The van der Waals surface area contributed by atoms with Gasteiger partial charge < -0.3 is 4.74 Å². The van der Waals surface area contributed by atoms with Crippen LogP contribution in [0, 0.1) is 13.8 Å². The molecule has 15 heavy (non-hydrogen) atoms. The van der Waals surface area contributed by atoms with Gasteiger partial charge in [-0.15, -0.1) is 0 Å². The second kappa shape index (κ2) is 4.36. The van der Waals surface area contributed by atoms with Crippen molar-refractivity contribution in [1.82, 2.24) is 0 Å². The minimum atomic E-state index is 0.539. The number of benzene rings is 1. The van der Waals surface area contributed by atoms with E-state index >= 15 is 0 Å². The Morgan fingerprint density at radius 2 is 1.93 bits per heavy atom. The number of hydrogen-bond acceptors (Lipinski definition) is 1. The first kappa shape index (κ1) is 10.7. The molecule has 0 radical (unpaired) electrons. The van der Waals surface area contributed by atoms with Gasteiger partial charge in [-0.2, -0.15) is 0 Å². The van der Waals surface area contributed by atoms with E-state index in [-0.39, 0.29) is 0 Å². The zero-order chi connectivity index (χ0) is 10.8. The summed E-state index contributed by atoms with van der Waals surface area (Å²) in [5.74, 6) is 0. The summed E-state index contributed by atoms with van der Waals surface area (Å²) in [5.41, 5.74) is 4.23. The van der Waals surface area contributed by atoms with E-state index < -0.39 is 0 Å². The highest BCUT2D eigenvalue weighted by atomic mass is 16.6. The van der Waals surface area contributed by atoms with Gasteiger partial charge in [-0.05, 0) is 49.8 Å². The first-order chi connectivity index (χ1) is 7.20. The van der Waals surface area contributed by atoms with Crippen LogP contribution >= 0.6 is 0 Å². The predicted molar refractivity (Wildman–Crippen MR) is 63.2 cm³/mol. The van der Waals surface area contributed by atoms with Crippen molar-refractivity contribution in [3.63, 3.8) is 0 Å². The lowest BCUT2D eigenvalue weighted by molar-refractivity contribution is 0.360. The Morgan fingerprint density at radius 1 is 1.13 bits per heavy atom. The molecular formula is C14H20O. The molecule has 1 heterocycles. The minimum Gasteiger partial charge on any atom is -0.370 e. The molecule has 2 atom stereocenters. The Labute approximate surface area is 92.5 Å².